The van der Waals surface area contributed by atoms with Gasteiger partial charge in [0.15, 0.2) is 19.0 Å². The van der Waals surface area contributed by atoms with E-state index in [0.29, 0.717) is 10.0 Å². The van der Waals surface area contributed by atoms with Crippen LogP contribution in [0.2, 0.25) is 20.1 Å². The standard InChI is InChI=1S/C22H18Cl4O8/c1-3-30-22(29)21(34-20(28)11-32-18-7-5-14(24)9-16(18)26)12(2)33-19(27)10-31-17-6-4-13(23)8-15(17)25/h4-9,21H,2-3,10-11H2,1H3. The normalized spacial score (nSPS) is 11.2. The largest absolute Gasteiger partial charge is 0.480 e. The first-order valence-electron chi connectivity index (χ1n) is 9.52. The summed E-state index contributed by atoms with van der Waals surface area (Å²) in [6.07, 6.45) is -1.74. The van der Waals surface area contributed by atoms with Crippen molar-refractivity contribution in [3.63, 3.8) is 0 Å². The molecule has 34 heavy (non-hydrogen) atoms. The van der Waals surface area contributed by atoms with Gasteiger partial charge in [-0.3, -0.25) is 0 Å². The summed E-state index contributed by atoms with van der Waals surface area (Å²) in [7, 11) is 0. The lowest BCUT2D eigenvalue weighted by Gasteiger charge is -2.18. The molecule has 2 aromatic rings. The molecular formula is C22H18Cl4O8. The molecule has 0 aromatic heterocycles. The first-order valence-corrected chi connectivity index (χ1v) is 11.0. The first-order chi connectivity index (χ1) is 16.1. The maximum atomic E-state index is 12.2. The third-order valence-corrected chi connectivity index (χ3v) is 4.83. The Morgan fingerprint density at radius 2 is 1.35 bits per heavy atom. The molecule has 2 aromatic carbocycles. The van der Waals surface area contributed by atoms with Crippen LogP contribution in [-0.2, 0) is 28.6 Å². The molecule has 0 aliphatic carbocycles. The van der Waals surface area contributed by atoms with Crippen molar-refractivity contribution in [2.45, 2.75) is 13.0 Å². The lowest BCUT2D eigenvalue weighted by atomic mass is 10.3. The van der Waals surface area contributed by atoms with E-state index in [1.165, 1.54) is 36.4 Å². The molecule has 1 atom stereocenters. The molecule has 0 N–H and O–H groups in total. The highest BCUT2D eigenvalue weighted by atomic mass is 35.5. The van der Waals surface area contributed by atoms with Gasteiger partial charge in [0, 0.05) is 10.0 Å². The second-order valence-corrected chi connectivity index (χ2v) is 7.98. The van der Waals surface area contributed by atoms with E-state index in [2.05, 4.69) is 6.58 Å². The van der Waals surface area contributed by atoms with Gasteiger partial charge in [0.1, 0.15) is 11.5 Å². The van der Waals surface area contributed by atoms with E-state index in [1.54, 1.807) is 6.92 Å². The fourth-order valence-electron chi connectivity index (χ4n) is 2.32. The highest BCUT2D eigenvalue weighted by Crippen LogP contribution is 2.28. The molecule has 0 spiro atoms. The number of hydrogen-bond donors (Lipinski definition) is 0. The Labute approximate surface area is 215 Å². The molecule has 0 amide bonds. The van der Waals surface area contributed by atoms with Gasteiger partial charge in [-0.25, -0.2) is 14.4 Å². The van der Waals surface area contributed by atoms with Crippen LogP contribution in [0.1, 0.15) is 6.92 Å². The Hall–Kier alpha value is -2.65. The van der Waals surface area contributed by atoms with E-state index in [0.717, 1.165) is 0 Å². The summed E-state index contributed by atoms with van der Waals surface area (Å²) >= 11 is 23.6. The topological polar surface area (TPSA) is 97.4 Å². The summed E-state index contributed by atoms with van der Waals surface area (Å²) in [5, 5.41) is 1.11. The summed E-state index contributed by atoms with van der Waals surface area (Å²) in [5.74, 6) is -3.07. The fraction of sp³-hybridized carbons (Fsp3) is 0.227. The molecule has 0 radical (unpaired) electrons. The molecular weight excluding hydrogens is 534 g/mol. The maximum absolute atomic E-state index is 12.2. The number of carbonyl (C=O) groups is 3. The number of halogens is 4. The Bertz CT molecular complexity index is 1070. The van der Waals surface area contributed by atoms with Gasteiger partial charge in [-0.15, -0.1) is 0 Å². The van der Waals surface area contributed by atoms with Crippen molar-refractivity contribution in [3.05, 3.63) is 68.8 Å². The summed E-state index contributed by atoms with van der Waals surface area (Å²) in [6, 6.07) is 8.79. The van der Waals surface area contributed by atoms with Gasteiger partial charge in [-0.2, -0.15) is 0 Å². The Kier molecular flexibility index (Phi) is 10.8. The monoisotopic (exact) mass is 550 g/mol. The van der Waals surface area contributed by atoms with E-state index in [9.17, 15) is 14.4 Å². The van der Waals surface area contributed by atoms with Crippen LogP contribution in [0.25, 0.3) is 0 Å². The molecule has 182 valence electrons. The molecule has 1 unspecified atom stereocenters. The third kappa shape index (κ3) is 8.61. The van der Waals surface area contributed by atoms with Crippen molar-refractivity contribution in [1.29, 1.82) is 0 Å². The van der Waals surface area contributed by atoms with Crippen LogP contribution < -0.4 is 9.47 Å². The number of benzene rings is 2. The van der Waals surface area contributed by atoms with Crippen LogP contribution in [0.5, 0.6) is 11.5 Å². The minimum Gasteiger partial charge on any atom is -0.480 e. The van der Waals surface area contributed by atoms with E-state index in [1.807, 2.05) is 0 Å². The van der Waals surface area contributed by atoms with Crippen LogP contribution in [0, 0.1) is 0 Å². The van der Waals surface area contributed by atoms with E-state index in [4.69, 9.17) is 70.1 Å². The van der Waals surface area contributed by atoms with Gasteiger partial charge >= 0.3 is 17.9 Å². The van der Waals surface area contributed by atoms with Gasteiger partial charge in [0.05, 0.1) is 16.7 Å². The second-order valence-electron chi connectivity index (χ2n) is 6.29. The Morgan fingerprint density at radius 1 is 0.853 bits per heavy atom. The lowest BCUT2D eigenvalue weighted by molar-refractivity contribution is -0.170. The molecule has 12 heteroatoms. The Morgan fingerprint density at radius 3 is 1.82 bits per heavy atom. The van der Waals surface area contributed by atoms with Crippen LogP contribution >= 0.6 is 46.4 Å². The number of hydrogen-bond acceptors (Lipinski definition) is 8. The molecule has 0 heterocycles. The average molecular weight is 552 g/mol. The molecule has 8 nitrogen and oxygen atoms in total. The highest BCUT2D eigenvalue weighted by molar-refractivity contribution is 6.36. The van der Waals surface area contributed by atoms with Crippen molar-refractivity contribution in [2.75, 3.05) is 19.8 Å². The van der Waals surface area contributed by atoms with Gasteiger partial charge < -0.3 is 23.7 Å². The molecule has 0 fully saturated rings. The van der Waals surface area contributed by atoms with Crippen molar-refractivity contribution in [2.24, 2.45) is 0 Å². The summed E-state index contributed by atoms with van der Waals surface area (Å²) in [5.41, 5.74) is 0. The zero-order chi connectivity index (χ0) is 25.3. The number of carbonyl (C=O) groups excluding carboxylic acids is 3. The number of ether oxygens (including phenoxy) is 5. The summed E-state index contributed by atoms with van der Waals surface area (Å²) in [6.45, 7) is 3.80. The highest BCUT2D eigenvalue weighted by Gasteiger charge is 2.31. The van der Waals surface area contributed by atoms with Gasteiger partial charge in [-0.1, -0.05) is 53.0 Å². The second kappa shape index (κ2) is 13.3. The molecule has 0 saturated heterocycles. The quantitative estimate of drug-likeness (QED) is 0.211. The maximum Gasteiger partial charge on any atom is 0.355 e. The van der Waals surface area contributed by atoms with Crippen molar-refractivity contribution < 1.29 is 38.1 Å². The third-order valence-electron chi connectivity index (χ3n) is 3.77. The van der Waals surface area contributed by atoms with Gasteiger partial charge in [0.25, 0.3) is 6.10 Å². The van der Waals surface area contributed by atoms with E-state index >= 15 is 0 Å². The van der Waals surface area contributed by atoms with E-state index in [-0.39, 0.29) is 28.2 Å². The van der Waals surface area contributed by atoms with Crippen LogP contribution in [0.3, 0.4) is 0 Å². The van der Waals surface area contributed by atoms with Gasteiger partial charge in [0.2, 0.25) is 0 Å². The molecule has 2 rings (SSSR count). The van der Waals surface area contributed by atoms with Gasteiger partial charge in [-0.05, 0) is 43.3 Å². The van der Waals surface area contributed by atoms with Crippen molar-refractivity contribution >= 4 is 64.3 Å². The van der Waals surface area contributed by atoms with Crippen LogP contribution in [-0.4, -0.2) is 43.8 Å². The number of rotatable bonds is 11. The molecule has 0 aliphatic heterocycles. The van der Waals surface area contributed by atoms with Crippen molar-refractivity contribution in [1.82, 2.24) is 0 Å². The minimum absolute atomic E-state index is 0.0246. The average Bonchev–Trinajstić information content (AvgIpc) is 2.76. The zero-order valence-electron chi connectivity index (χ0n) is 17.6. The minimum atomic E-state index is -1.74. The molecule has 0 saturated carbocycles. The SMILES string of the molecule is C=C(OC(=O)COc1ccc(Cl)cc1Cl)C(OC(=O)COc1ccc(Cl)cc1Cl)C(=O)OCC. The summed E-state index contributed by atoms with van der Waals surface area (Å²) < 4.78 is 25.4. The zero-order valence-corrected chi connectivity index (χ0v) is 20.7. The molecule has 0 aliphatic rings. The predicted octanol–water partition coefficient (Wildman–Crippen LogP) is 5.29. The van der Waals surface area contributed by atoms with Crippen LogP contribution in [0.4, 0.5) is 0 Å². The smallest absolute Gasteiger partial charge is 0.355 e. The van der Waals surface area contributed by atoms with E-state index < -0.39 is 43.0 Å². The predicted molar refractivity (Wildman–Crippen MR) is 126 cm³/mol. The number of esters is 3. The van der Waals surface area contributed by atoms with Crippen molar-refractivity contribution in [3.8, 4) is 11.5 Å². The fourth-order valence-corrected chi connectivity index (χ4v) is 3.24. The lowest BCUT2D eigenvalue weighted by Crippen LogP contribution is -2.34. The Balaban J connectivity index is 1.96. The first kappa shape index (κ1) is 27.6. The summed E-state index contributed by atoms with van der Waals surface area (Å²) in [4.78, 5) is 36.6. The molecule has 0 bridgehead atoms. The van der Waals surface area contributed by atoms with Crippen LogP contribution in [0.15, 0.2) is 48.7 Å².